The Morgan fingerprint density at radius 3 is 2.78 bits per heavy atom. The Labute approximate surface area is 113 Å². The number of aryl methyl sites for hydroxylation is 1. The summed E-state index contributed by atoms with van der Waals surface area (Å²) in [5.41, 5.74) is 0. The van der Waals surface area contributed by atoms with Gasteiger partial charge in [0.05, 0.1) is 11.8 Å². The van der Waals surface area contributed by atoms with Crippen LogP contribution in [-0.2, 0) is 10.0 Å². The summed E-state index contributed by atoms with van der Waals surface area (Å²) in [5.74, 6) is 0.148. The molecule has 18 heavy (non-hydrogen) atoms. The van der Waals surface area contributed by atoms with E-state index in [1.807, 2.05) is 20.8 Å². The van der Waals surface area contributed by atoms with Gasteiger partial charge in [0.15, 0.2) is 0 Å². The van der Waals surface area contributed by atoms with Gasteiger partial charge in [-0.1, -0.05) is 6.92 Å². The zero-order chi connectivity index (χ0) is 13.6. The molecule has 0 aromatic carbocycles. The van der Waals surface area contributed by atoms with E-state index in [1.54, 1.807) is 6.20 Å². The molecule has 0 fully saturated rings. The SMILES string of the molecule is CCNCCCS(=O)(=O)NC(C)c1ncc(C)s1. The van der Waals surface area contributed by atoms with E-state index >= 15 is 0 Å². The van der Waals surface area contributed by atoms with E-state index in [4.69, 9.17) is 0 Å². The Kier molecular flexibility index (Phi) is 6.20. The maximum Gasteiger partial charge on any atom is 0.212 e. The van der Waals surface area contributed by atoms with Crippen LogP contribution in [0.3, 0.4) is 0 Å². The van der Waals surface area contributed by atoms with Gasteiger partial charge in [-0.25, -0.2) is 18.1 Å². The van der Waals surface area contributed by atoms with Crippen LogP contribution in [0.25, 0.3) is 0 Å². The molecular formula is C11H21N3O2S2. The van der Waals surface area contributed by atoms with Crippen molar-refractivity contribution in [1.29, 1.82) is 0 Å². The van der Waals surface area contributed by atoms with E-state index in [2.05, 4.69) is 15.0 Å². The van der Waals surface area contributed by atoms with Crippen molar-refractivity contribution in [3.63, 3.8) is 0 Å². The summed E-state index contributed by atoms with van der Waals surface area (Å²) in [6.45, 7) is 7.36. The third kappa shape index (κ3) is 5.43. The molecule has 0 aliphatic carbocycles. The highest BCUT2D eigenvalue weighted by Crippen LogP contribution is 2.19. The molecule has 1 aromatic rings. The fraction of sp³-hybridized carbons (Fsp3) is 0.727. The van der Waals surface area contributed by atoms with Crippen LogP contribution in [0, 0.1) is 6.92 Å². The average molecular weight is 291 g/mol. The van der Waals surface area contributed by atoms with Crippen LogP contribution in [0.15, 0.2) is 6.20 Å². The lowest BCUT2D eigenvalue weighted by Crippen LogP contribution is -2.30. The van der Waals surface area contributed by atoms with Crippen molar-refractivity contribution in [1.82, 2.24) is 15.0 Å². The molecule has 104 valence electrons. The van der Waals surface area contributed by atoms with Crippen molar-refractivity contribution in [2.24, 2.45) is 0 Å². The van der Waals surface area contributed by atoms with Crippen LogP contribution in [0.1, 0.15) is 36.2 Å². The molecule has 0 aliphatic heterocycles. The molecule has 0 aliphatic rings. The van der Waals surface area contributed by atoms with Gasteiger partial charge in [0.25, 0.3) is 0 Å². The van der Waals surface area contributed by atoms with Crippen LogP contribution in [0.5, 0.6) is 0 Å². The Hall–Kier alpha value is -0.500. The van der Waals surface area contributed by atoms with E-state index in [-0.39, 0.29) is 11.8 Å². The highest BCUT2D eigenvalue weighted by Gasteiger charge is 2.17. The lowest BCUT2D eigenvalue weighted by molar-refractivity contribution is 0.561. The summed E-state index contributed by atoms with van der Waals surface area (Å²) >= 11 is 1.52. The number of nitrogens with one attached hydrogen (secondary N) is 2. The zero-order valence-corrected chi connectivity index (χ0v) is 12.7. The molecule has 7 heteroatoms. The van der Waals surface area contributed by atoms with Gasteiger partial charge in [-0.3, -0.25) is 0 Å². The van der Waals surface area contributed by atoms with Gasteiger partial charge in [-0.2, -0.15) is 0 Å². The number of thiazole rings is 1. The van der Waals surface area contributed by atoms with Gasteiger partial charge in [-0.15, -0.1) is 11.3 Å². The van der Waals surface area contributed by atoms with E-state index in [9.17, 15) is 8.42 Å². The van der Waals surface area contributed by atoms with Crippen LogP contribution in [-0.4, -0.2) is 32.2 Å². The number of hydrogen-bond acceptors (Lipinski definition) is 5. The second-order valence-electron chi connectivity index (χ2n) is 4.17. The molecule has 2 N–H and O–H groups in total. The standard InChI is InChI=1S/C11H21N3O2S2/c1-4-12-6-5-7-18(15,16)14-10(3)11-13-8-9(2)17-11/h8,10,12,14H,4-7H2,1-3H3. The molecule has 0 saturated carbocycles. The molecule has 1 rings (SSSR count). The minimum Gasteiger partial charge on any atom is -0.317 e. The van der Waals surface area contributed by atoms with Crippen LogP contribution in [0.4, 0.5) is 0 Å². The number of nitrogens with zero attached hydrogens (tertiary/aromatic N) is 1. The lowest BCUT2D eigenvalue weighted by atomic mass is 10.4. The molecule has 5 nitrogen and oxygen atoms in total. The molecule has 1 heterocycles. The number of hydrogen-bond donors (Lipinski definition) is 2. The normalized spacial score (nSPS) is 13.7. The second-order valence-corrected chi connectivity index (χ2v) is 7.31. The summed E-state index contributed by atoms with van der Waals surface area (Å²) in [6, 6.07) is -0.257. The predicted molar refractivity (Wildman–Crippen MR) is 75.3 cm³/mol. The molecular weight excluding hydrogens is 270 g/mol. The van der Waals surface area contributed by atoms with Crippen molar-refractivity contribution in [3.8, 4) is 0 Å². The smallest absolute Gasteiger partial charge is 0.212 e. The predicted octanol–water partition coefficient (Wildman–Crippen LogP) is 1.43. The molecule has 0 saturated heterocycles. The summed E-state index contributed by atoms with van der Waals surface area (Å²) in [7, 11) is -3.22. The van der Waals surface area contributed by atoms with Crippen LogP contribution in [0.2, 0.25) is 0 Å². The largest absolute Gasteiger partial charge is 0.317 e. The van der Waals surface area contributed by atoms with Crippen molar-refractivity contribution in [2.75, 3.05) is 18.8 Å². The lowest BCUT2D eigenvalue weighted by Gasteiger charge is -2.11. The van der Waals surface area contributed by atoms with Gasteiger partial charge in [-0.05, 0) is 33.4 Å². The summed E-state index contributed by atoms with van der Waals surface area (Å²) in [5, 5.41) is 3.91. The van der Waals surface area contributed by atoms with E-state index in [1.165, 1.54) is 11.3 Å². The van der Waals surface area contributed by atoms with Crippen molar-refractivity contribution < 1.29 is 8.42 Å². The molecule has 1 aromatic heterocycles. The topological polar surface area (TPSA) is 71.1 Å². The first-order valence-corrected chi connectivity index (χ1v) is 8.54. The van der Waals surface area contributed by atoms with E-state index in [0.29, 0.717) is 6.42 Å². The third-order valence-electron chi connectivity index (χ3n) is 2.38. The highest BCUT2D eigenvalue weighted by atomic mass is 32.2. The first-order valence-electron chi connectivity index (χ1n) is 6.07. The molecule has 1 unspecified atom stereocenters. The highest BCUT2D eigenvalue weighted by molar-refractivity contribution is 7.89. The Balaban J connectivity index is 2.44. The molecule has 0 radical (unpaired) electrons. The minimum atomic E-state index is -3.22. The summed E-state index contributed by atoms with van der Waals surface area (Å²) in [6.07, 6.45) is 2.38. The fourth-order valence-electron chi connectivity index (χ4n) is 1.51. The van der Waals surface area contributed by atoms with Gasteiger partial charge < -0.3 is 5.32 Å². The Morgan fingerprint density at radius 2 is 2.22 bits per heavy atom. The van der Waals surface area contributed by atoms with E-state index in [0.717, 1.165) is 23.0 Å². The minimum absolute atomic E-state index is 0.148. The van der Waals surface area contributed by atoms with Crippen molar-refractivity contribution >= 4 is 21.4 Å². The fourth-order valence-corrected chi connectivity index (χ4v) is 3.66. The number of aromatic nitrogens is 1. The molecule has 0 bridgehead atoms. The Morgan fingerprint density at radius 1 is 1.50 bits per heavy atom. The first-order chi connectivity index (χ1) is 8.44. The van der Waals surface area contributed by atoms with E-state index < -0.39 is 10.0 Å². The average Bonchev–Trinajstić information content (AvgIpc) is 2.71. The number of sulfonamides is 1. The monoisotopic (exact) mass is 291 g/mol. The van der Waals surface area contributed by atoms with Crippen molar-refractivity contribution in [2.45, 2.75) is 33.2 Å². The summed E-state index contributed by atoms with van der Waals surface area (Å²) in [4.78, 5) is 5.28. The molecule has 0 amide bonds. The molecule has 1 atom stereocenters. The van der Waals surface area contributed by atoms with Gasteiger partial charge in [0.1, 0.15) is 5.01 Å². The number of rotatable bonds is 8. The maximum atomic E-state index is 11.8. The third-order valence-corrected chi connectivity index (χ3v) is 5.02. The van der Waals surface area contributed by atoms with Crippen LogP contribution < -0.4 is 10.0 Å². The first kappa shape index (κ1) is 15.6. The zero-order valence-electron chi connectivity index (χ0n) is 11.1. The van der Waals surface area contributed by atoms with Gasteiger partial charge >= 0.3 is 0 Å². The van der Waals surface area contributed by atoms with Crippen LogP contribution >= 0.6 is 11.3 Å². The molecule has 0 spiro atoms. The van der Waals surface area contributed by atoms with Gasteiger partial charge in [0, 0.05) is 11.1 Å². The maximum absolute atomic E-state index is 11.8. The van der Waals surface area contributed by atoms with Crippen molar-refractivity contribution in [3.05, 3.63) is 16.1 Å². The second kappa shape index (κ2) is 7.18. The quantitative estimate of drug-likeness (QED) is 0.711. The Bertz CT molecular complexity index is 457. The van der Waals surface area contributed by atoms with Gasteiger partial charge in [0.2, 0.25) is 10.0 Å². The summed E-state index contributed by atoms with van der Waals surface area (Å²) < 4.78 is 26.3.